The summed E-state index contributed by atoms with van der Waals surface area (Å²) in [4.78, 5) is 2.59. The molecule has 0 bridgehead atoms. The van der Waals surface area contributed by atoms with Gasteiger partial charge in [-0.25, -0.2) is 0 Å². The molecule has 0 radical (unpaired) electrons. The van der Waals surface area contributed by atoms with E-state index in [4.69, 9.17) is 0 Å². The second kappa shape index (κ2) is 8.54. The Bertz CT molecular complexity index is 474. The summed E-state index contributed by atoms with van der Waals surface area (Å²) in [6.45, 7) is 6.97. The third-order valence-corrected chi connectivity index (χ3v) is 8.61. The number of anilines is 2. The van der Waals surface area contributed by atoms with E-state index in [0.29, 0.717) is 0 Å². The minimum atomic E-state index is -0.171. The first-order valence-electron chi connectivity index (χ1n) is 7.91. The summed E-state index contributed by atoms with van der Waals surface area (Å²) in [5, 5.41) is 7.90. The van der Waals surface area contributed by atoms with E-state index in [1.807, 2.05) is 11.8 Å². The summed E-state index contributed by atoms with van der Waals surface area (Å²) < 4.78 is 0. The van der Waals surface area contributed by atoms with Crippen LogP contribution in [0.1, 0.15) is 20.8 Å². The Balaban J connectivity index is 0.000000199. The summed E-state index contributed by atoms with van der Waals surface area (Å²) in [6, 6.07) is 16.8. The van der Waals surface area contributed by atoms with Gasteiger partial charge >= 0.3 is 0 Å². The van der Waals surface area contributed by atoms with Gasteiger partial charge in [0, 0.05) is 9.79 Å². The Morgan fingerprint density at radius 1 is 0.762 bits per heavy atom. The normalized spacial score (nSPS) is 11.4. The van der Waals surface area contributed by atoms with Crippen LogP contribution in [0.15, 0.2) is 58.3 Å². The second-order valence-corrected chi connectivity index (χ2v) is 10.6. The van der Waals surface area contributed by atoms with Crippen molar-refractivity contribution in [1.29, 1.82) is 0 Å². The molecule has 1 nitrogen and oxygen atoms in total. The van der Waals surface area contributed by atoms with E-state index in [-0.39, 0.29) is 14.1 Å². The van der Waals surface area contributed by atoms with Gasteiger partial charge in [0.25, 0.3) is 14.1 Å². The molecule has 0 atom stereocenters. The molecule has 0 spiro atoms. The Labute approximate surface area is 137 Å². The molecular formula is C18H24AlNS. The maximum Gasteiger partial charge on any atom is 0.261 e. The van der Waals surface area contributed by atoms with Crippen LogP contribution in [0.3, 0.4) is 0 Å². The van der Waals surface area contributed by atoms with Crippen LogP contribution in [-0.4, -0.2) is 14.1 Å². The predicted octanol–water partition coefficient (Wildman–Crippen LogP) is 6.44. The highest BCUT2D eigenvalue weighted by atomic mass is 32.2. The van der Waals surface area contributed by atoms with Crippen LogP contribution < -0.4 is 5.32 Å². The van der Waals surface area contributed by atoms with Gasteiger partial charge < -0.3 is 5.32 Å². The monoisotopic (exact) mass is 313 g/mol. The molecule has 0 fully saturated rings. The standard InChI is InChI=1S/C12H9NS.3C2H5.Al/c1-3-7-11-9(5-1)13-10-6-2-4-8-12(10)14-11;3*1-2;/h1-8,13H;3*1H2,2H3;. The molecule has 3 rings (SSSR count). The van der Waals surface area contributed by atoms with Gasteiger partial charge in [0.05, 0.1) is 11.4 Å². The van der Waals surface area contributed by atoms with Gasteiger partial charge in [0.2, 0.25) is 0 Å². The lowest BCUT2D eigenvalue weighted by Gasteiger charge is -2.19. The molecule has 110 valence electrons. The quantitative estimate of drug-likeness (QED) is 0.559. The van der Waals surface area contributed by atoms with Crippen molar-refractivity contribution in [2.75, 3.05) is 5.32 Å². The highest BCUT2D eigenvalue weighted by molar-refractivity contribution is 7.99. The molecule has 1 N–H and O–H groups in total. The second-order valence-electron chi connectivity index (χ2n) is 5.31. The number of benzene rings is 2. The molecule has 0 aromatic heterocycles. The molecule has 1 heterocycles. The fraction of sp³-hybridized carbons (Fsp3) is 0.333. The number of para-hydroxylation sites is 2. The fourth-order valence-electron chi connectivity index (χ4n) is 2.45. The van der Waals surface area contributed by atoms with Crippen molar-refractivity contribution >= 4 is 37.3 Å². The Kier molecular flexibility index (Phi) is 6.70. The zero-order chi connectivity index (χ0) is 15.1. The van der Waals surface area contributed by atoms with Crippen LogP contribution in [0, 0.1) is 0 Å². The van der Waals surface area contributed by atoms with Crippen molar-refractivity contribution in [3.63, 3.8) is 0 Å². The summed E-state index contributed by atoms with van der Waals surface area (Å²) in [7, 11) is 0. The Morgan fingerprint density at radius 2 is 1.19 bits per heavy atom. The highest BCUT2D eigenvalue weighted by Crippen LogP contribution is 2.43. The van der Waals surface area contributed by atoms with Gasteiger partial charge in [-0.2, -0.15) is 0 Å². The van der Waals surface area contributed by atoms with Crippen molar-refractivity contribution < 1.29 is 0 Å². The minimum absolute atomic E-state index is 0.171. The number of nitrogens with one attached hydrogen (secondary N) is 1. The van der Waals surface area contributed by atoms with Gasteiger partial charge in [-0.1, -0.05) is 72.6 Å². The lowest BCUT2D eigenvalue weighted by Crippen LogP contribution is -2.04. The summed E-state index contributed by atoms with van der Waals surface area (Å²) >= 11 is 1.65. The SMILES string of the molecule is C[CH2][Al]([CH2]C)[CH2]C.c1ccc2c(c1)Nc1ccccc1S2. The van der Waals surface area contributed by atoms with E-state index >= 15 is 0 Å². The third kappa shape index (κ3) is 4.54. The van der Waals surface area contributed by atoms with Crippen molar-refractivity contribution in [2.45, 2.75) is 46.4 Å². The topological polar surface area (TPSA) is 12.0 Å². The zero-order valence-corrected chi connectivity index (χ0v) is 15.2. The van der Waals surface area contributed by atoms with E-state index in [9.17, 15) is 0 Å². The minimum Gasteiger partial charge on any atom is -0.354 e. The largest absolute Gasteiger partial charge is 0.354 e. The van der Waals surface area contributed by atoms with Gasteiger partial charge in [-0.15, -0.1) is 0 Å². The van der Waals surface area contributed by atoms with Crippen molar-refractivity contribution in [1.82, 2.24) is 0 Å². The van der Waals surface area contributed by atoms with Crippen LogP contribution in [0.2, 0.25) is 15.8 Å². The molecule has 0 saturated carbocycles. The lowest BCUT2D eigenvalue weighted by atomic mass is 10.2. The van der Waals surface area contributed by atoms with E-state index < -0.39 is 0 Å². The molecule has 1 aliphatic rings. The predicted molar refractivity (Wildman–Crippen MR) is 97.5 cm³/mol. The summed E-state index contributed by atoms with van der Waals surface area (Å²) in [5.41, 5.74) is 2.41. The first-order valence-corrected chi connectivity index (χ1v) is 11.2. The van der Waals surface area contributed by atoms with Gasteiger partial charge in [0.1, 0.15) is 0 Å². The molecule has 1 aliphatic heterocycles. The fourth-order valence-corrected chi connectivity index (χ4v) is 5.17. The van der Waals surface area contributed by atoms with E-state index in [1.54, 1.807) is 0 Å². The first-order chi connectivity index (χ1) is 10.3. The smallest absolute Gasteiger partial charge is 0.261 e. The van der Waals surface area contributed by atoms with E-state index in [0.717, 1.165) is 0 Å². The molecule has 0 unspecified atom stereocenters. The van der Waals surface area contributed by atoms with Crippen LogP contribution in [0.25, 0.3) is 0 Å². The van der Waals surface area contributed by atoms with Crippen molar-refractivity contribution in [3.8, 4) is 0 Å². The number of fused-ring (bicyclic) bond motifs is 2. The van der Waals surface area contributed by atoms with Crippen LogP contribution in [-0.2, 0) is 0 Å². The number of rotatable bonds is 3. The molecule has 0 amide bonds. The summed E-state index contributed by atoms with van der Waals surface area (Å²) in [6.07, 6.45) is 0. The Morgan fingerprint density at radius 3 is 1.57 bits per heavy atom. The third-order valence-electron chi connectivity index (χ3n) is 4.00. The lowest BCUT2D eigenvalue weighted by molar-refractivity contribution is 1.24. The first kappa shape index (κ1) is 16.5. The van der Waals surface area contributed by atoms with E-state index in [2.05, 4.69) is 74.6 Å². The number of hydrogen-bond acceptors (Lipinski definition) is 2. The van der Waals surface area contributed by atoms with Crippen molar-refractivity contribution in [2.24, 2.45) is 0 Å². The van der Waals surface area contributed by atoms with Crippen molar-refractivity contribution in [3.05, 3.63) is 48.5 Å². The van der Waals surface area contributed by atoms with E-state index in [1.165, 1.54) is 37.0 Å². The van der Waals surface area contributed by atoms with Gasteiger partial charge in [-0.3, -0.25) is 0 Å². The van der Waals surface area contributed by atoms with Gasteiger partial charge in [0.15, 0.2) is 0 Å². The molecule has 2 aromatic rings. The maximum atomic E-state index is 3.42. The molecular weight excluding hydrogens is 289 g/mol. The average Bonchev–Trinajstić information content (AvgIpc) is 2.55. The van der Waals surface area contributed by atoms with Crippen LogP contribution in [0.5, 0.6) is 0 Å². The molecule has 21 heavy (non-hydrogen) atoms. The maximum absolute atomic E-state index is 3.42. The van der Waals surface area contributed by atoms with Crippen LogP contribution >= 0.6 is 11.8 Å². The molecule has 0 saturated heterocycles. The molecule has 0 aliphatic carbocycles. The summed E-state index contributed by atoms with van der Waals surface area (Å²) in [5.74, 6) is 0. The average molecular weight is 313 g/mol. The molecule has 2 aromatic carbocycles. The molecule has 3 heteroatoms. The van der Waals surface area contributed by atoms with Gasteiger partial charge in [-0.05, 0) is 24.3 Å². The number of hydrogen-bond donors (Lipinski definition) is 1. The Hall–Kier alpha value is -0.878. The zero-order valence-electron chi connectivity index (χ0n) is 13.2. The van der Waals surface area contributed by atoms with Crippen LogP contribution in [0.4, 0.5) is 11.4 Å². The highest BCUT2D eigenvalue weighted by Gasteiger charge is 2.13.